The van der Waals surface area contributed by atoms with Gasteiger partial charge in [-0.25, -0.2) is 0 Å². The number of hydrogen-bond donors (Lipinski definition) is 1. The zero-order chi connectivity index (χ0) is 23.8. The van der Waals surface area contributed by atoms with E-state index in [2.05, 4.69) is 108 Å². The maximum absolute atomic E-state index is 10.9. The van der Waals surface area contributed by atoms with Crippen molar-refractivity contribution in [2.75, 3.05) is 13.1 Å². The van der Waals surface area contributed by atoms with Gasteiger partial charge in [-0.15, -0.1) is 12.4 Å². The third-order valence-corrected chi connectivity index (χ3v) is 6.66. The molecule has 0 aliphatic heterocycles. The van der Waals surface area contributed by atoms with Gasteiger partial charge in [0, 0.05) is 42.2 Å². The predicted molar refractivity (Wildman–Crippen MR) is 146 cm³/mol. The van der Waals surface area contributed by atoms with Crippen molar-refractivity contribution in [3.63, 3.8) is 0 Å². The number of halogens is 1. The number of benzene rings is 2. The molecule has 2 aromatic carbocycles. The summed E-state index contributed by atoms with van der Waals surface area (Å²) in [5.74, 6) is 0.593. The van der Waals surface area contributed by atoms with Crippen LogP contribution >= 0.6 is 12.4 Å². The Kier molecular flexibility index (Phi) is 12.5. The normalized spacial score (nSPS) is 12.9. The highest BCUT2D eigenvalue weighted by atomic mass is 35.5. The highest BCUT2D eigenvalue weighted by Crippen LogP contribution is 2.35. The molecule has 0 saturated carbocycles. The summed E-state index contributed by atoms with van der Waals surface area (Å²) in [6.45, 7) is 20.2. The summed E-state index contributed by atoms with van der Waals surface area (Å²) < 4.78 is 0. The molecular weight excluding hydrogens is 428 g/mol. The summed E-state index contributed by atoms with van der Waals surface area (Å²) in [5.41, 5.74) is 3.63. The van der Waals surface area contributed by atoms with Crippen molar-refractivity contribution in [1.29, 1.82) is 0 Å². The molecule has 0 bridgehead atoms. The lowest BCUT2D eigenvalue weighted by Crippen LogP contribution is -2.38. The summed E-state index contributed by atoms with van der Waals surface area (Å²) >= 11 is 0. The van der Waals surface area contributed by atoms with Crippen LogP contribution in [0.2, 0.25) is 0 Å². The standard InChI is InChI=1S/C29H46N2O.ClH/c1-21(2)30(22(3)4)18-16-25-14-15-29(32)28(20-25)27(26-12-10-9-11-13-26)17-19-31(23(5)6)24(7)8;/h9-15,20-24,27,32H,16-19H2,1-8H3;1H. The van der Waals surface area contributed by atoms with Gasteiger partial charge >= 0.3 is 0 Å². The minimum absolute atomic E-state index is 0. The lowest BCUT2D eigenvalue weighted by atomic mass is 9.86. The zero-order valence-electron chi connectivity index (χ0n) is 22.1. The molecule has 0 spiro atoms. The maximum Gasteiger partial charge on any atom is 0.119 e. The van der Waals surface area contributed by atoms with E-state index in [0.29, 0.717) is 29.9 Å². The van der Waals surface area contributed by atoms with Gasteiger partial charge in [-0.1, -0.05) is 42.5 Å². The Morgan fingerprint density at radius 1 is 0.697 bits per heavy atom. The Morgan fingerprint density at radius 2 is 1.21 bits per heavy atom. The lowest BCUT2D eigenvalue weighted by Gasteiger charge is -2.32. The highest BCUT2D eigenvalue weighted by molar-refractivity contribution is 5.85. The molecule has 1 unspecified atom stereocenters. The summed E-state index contributed by atoms with van der Waals surface area (Å²) in [4.78, 5) is 5.07. The van der Waals surface area contributed by atoms with Crippen molar-refractivity contribution in [2.24, 2.45) is 0 Å². The smallest absolute Gasteiger partial charge is 0.119 e. The molecule has 1 N–H and O–H groups in total. The second kappa shape index (κ2) is 14.0. The van der Waals surface area contributed by atoms with E-state index in [1.165, 1.54) is 11.1 Å². The van der Waals surface area contributed by atoms with Crippen LogP contribution in [0.3, 0.4) is 0 Å². The molecule has 0 fully saturated rings. The fraction of sp³-hybridized carbons (Fsp3) is 0.586. The minimum Gasteiger partial charge on any atom is -0.508 e. The van der Waals surface area contributed by atoms with Crippen molar-refractivity contribution in [3.05, 3.63) is 65.2 Å². The molecular formula is C29H47ClN2O. The highest BCUT2D eigenvalue weighted by Gasteiger charge is 2.22. The molecule has 0 radical (unpaired) electrons. The average Bonchev–Trinajstić information content (AvgIpc) is 2.72. The van der Waals surface area contributed by atoms with Gasteiger partial charge in [-0.2, -0.15) is 0 Å². The van der Waals surface area contributed by atoms with Gasteiger partial charge in [0.25, 0.3) is 0 Å². The number of aromatic hydroxyl groups is 1. The van der Waals surface area contributed by atoms with Crippen LogP contribution in [0.4, 0.5) is 0 Å². The Balaban J connectivity index is 0.00000544. The Morgan fingerprint density at radius 3 is 1.73 bits per heavy atom. The van der Waals surface area contributed by atoms with E-state index in [1.54, 1.807) is 0 Å². The van der Waals surface area contributed by atoms with Crippen LogP contribution in [0.25, 0.3) is 0 Å². The van der Waals surface area contributed by atoms with Gasteiger partial charge in [0.1, 0.15) is 5.75 Å². The second-order valence-electron chi connectivity index (χ2n) is 10.2. The van der Waals surface area contributed by atoms with Crippen LogP contribution in [0.5, 0.6) is 5.75 Å². The molecule has 0 aliphatic carbocycles. The topological polar surface area (TPSA) is 26.7 Å². The first-order valence-corrected chi connectivity index (χ1v) is 12.5. The Bertz CT molecular complexity index is 789. The first-order valence-electron chi connectivity index (χ1n) is 12.5. The van der Waals surface area contributed by atoms with E-state index in [1.807, 2.05) is 6.07 Å². The zero-order valence-corrected chi connectivity index (χ0v) is 22.9. The van der Waals surface area contributed by atoms with Gasteiger partial charge < -0.3 is 5.11 Å². The number of nitrogens with zero attached hydrogens (tertiary/aromatic N) is 2. The second-order valence-corrected chi connectivity index (χ2v) is 10.2. The largest absolute Gasteiger partial charge is 0.508 e. The predicted octanol–water partition coefficient (Wildman–Crippen LogP) is 7.12. The Hall–Kier alpha value is -1.55. The van der Waals surface area contributed by atoms with Crippen molar-refractivity contribution in [1.82, 2.24) is 9.80 Å². The molecule has 0 amide bonds. The van der Waals surface area contributed by atoms with Crippen molar-refractivity contribution in [2.45, 2.75) is 98.3 Å². The fourth-order valence-electron chi connectivity index (χ4n) is 4.99. The molecule has 4 heteroatoms. The summed E-state index contributed by atoms with van der Waals surface area (Å²) in [7, 11) is 0. The number of phenolic OH excluding ortho intramolecular Hbond substituents is 1. The van der Waals surface area contributed by atoms with Crippen LogP contribution in [0.15, 0.2) is 48.5 Å². The molecule has 2 rings (SSSR count). The monoisotopic (exact) mass is 474 g/mol. The molecule has 2 aromatic rings. The first-order chi connectivity index (χ1) is 15.1. The maximum atomic E-state index is 10.9. The molecule has 0 aliphatic rings. The summed E-state index contributed by atoms with van der Waals surface area (Å²) in [6, 6.07) is 19.0. The van der Waals surface area contributed by atoms with Gasteiger partial charge in [-0.05, 0) is 92.0 Å². The molecule has 0 saturated heterocycles. The van der Waals surface area contributed by atoms with E-state index < -0.39 is 0 Å². The molecule has 1 atom stereocenters. The molecule has 0 aromatic heterocycles. The number of phenols is 1. The van der Waals surface area contributed by atoms with Gasteiger partial charge in [0.15, 0.2) is 0 Å². The molecule has 186 valence electrons. The number of rotatable bonds is 12. The van der Waals surface area contributed by atoms with Crippen molar-refractivity contribution < 1.29 is 5.11 Å². The third-order valence-electron chi connectivity index (χ3n) is 6.66. The van der Waals surface area contributed by atoms with Crippen LogP contribution in [0, 0.1) is 0 Å². The van der Waals surface area contributed by atoms with E-state index in [9.17, 15) is 5.11 Å². The Labute approximate surface area is 209 Å². The summed E-state index contributed by atoms with van der Waals surface area (Å²) in [6.07, 6.45) is 1.98. The lowest BCUT2D eigenvalue weighted by molar-refractivity contribution is 0.170. The van der Waals surface area contributed by atoms with Crippen LogP contribution < -0.4 is 0 Å². The van der Waals surface area contributed by atoms with E-state index in [0.717, 1.165) is 31.5 Å². The fourth-order valence-corrected chi connectivity index (χ4v) is 4.99. The molecule has 33 heavy (non-hydrogen) atoms. The quantitative estimate of drug-likeness (QED) is 0.354. The minimum atomic E-state index is 0. The van der Waals surface area contributed by atoms with Gasteiger partial charge in [0.05, 0.1) is 0 Å². The van der Waals surface area contributed by atoms with Gasteiger partial charge in [0.2, 0.25) is 0 Å². The molecule has 0 heterocycles. The molecule has 3 nitrogen and oxygen atoms in total. The summed E-state index contributed by atoms with van der Waals surface area (Å²) in [5, 5.41) is 10.9. The van der Waals surface area contributed by atoms with E-state index >= 15 is 0 Å². The van der Waals surface area contributed by atoms with Crippen LogP contribution in [-0.2, 0) is 6.42 Å². The van der Waals surface area contributed by atoms with Crippen molar-refractivity contribution in [3.8, 4) is 5.75 Å². The van der Waals surface area contributed by atoms with E-state index in [-0.39, 0.29) is 18.3 Å². The third kappa shape index (κ3) is 8.63. The van der Waals surface area contributed by atoms with Crippen LogP contribution in [0.1, 0.15) is 84.4 Å². The van der Waals surface area contributed by atoms with Crippen LogP contribution in [-0.4, -0.2) is 52.2 Å². The SMILES string of the molecule is CC(C)N(CCc1ccc(O)c(C(CCN(C(C)C)C(C)C)c2ccccc2)c1)C(C)C.Cl. The van der Waals surface area contributed by atoms with E-state index in [4.69, 9.17) is 0 Å². The van der Waals surface area contributed by atoms with Gasteiger partial charge in [-0.3, -0.25) is 9.80 Å². The first kappa shape index (κ1) is 29.5. The average molecular weight is 475 g/mol. The number of hydrogen-bond acceptors (Lipinski definition) is 3. The van der Waals surface area contributed by atoms with Crippen molar-refractivity contribution >= 4 is 12.4 Å².